The standard InChI is InChI=1S/C15H15ClN2O3S/c1-22(20,21)18-12-7-8-13(14(16)9-12)15(19)17-10-11-5-3-2-4-6-11/h2-9,18H,10H2,1H3,(H,17,19). The van der Waals surface area contributed by atoms with Crippen LogP contribution in [0.4, 0.5) is 5.69 Å². The van der Waals surface area contributed by atoms with E-state index in [1.165, 1.54) is 18.2 Å². The third-order valence-electron chi connectivity index (χ3n) is 2.81. The minimum Gasteiger partial charge on any atom is -0.348 e. The van der Waals surface area contributed by atoms with Crippen molar-refractivity contribution < 1.29 is 13.2 Å². The van der Waals surface area contributed by atoms with Gasteiger partial charge >= 0.3 is 0 Å². The quantitative estimate of drug-likeness (QED) is 0.880. The van der Waals surface area contributed by atoms with Crippen molar-refractivity contribution in [1.29, 1.82) is 0 Å². The van der Waals surface area contributed by atoms with Gasteiger partial charge in [-0.15, -0.1) is 0 Å². The van der Waals surface area contributed by atoms with Crippen LogP contribution in [0, 0.1) is 0 Å². The Morgan fingerprint density at radius 2 is 1.82 bits per heavy atom. The van der Waals surface area contributed by atoms with E-state index in [9.17, 15) is 13.2 Å². The molecule has 0 heterocycles. The van der Waals surface area contributed by atoms with Crippen molar-refractivity contribution in [2.45, 2.75) is 6.54 Å². The topological polar surface area (TPSA) is 75.3 Å². The van der Waals surface area contributed by atoms with E-state index in [0.717, 1.165) is 11.8 Å². The highest BCUT2D eigenvalue weighted by molar-refractivity contribution is 7.92. The van der Waals surface area contributed by atoms with Gasteiger partial charge in [0.25, 0.3) is 5.91 Å². The number of halogens is 1. The Kier molecular flexibility index (Phi) is 5.05. The molecule has 0 aliphatic carbocycles. The maximum atomic E-state index is 12.1. The van der Waals surface area contributed by atoms with Crippen molar-refractivity contribution in [3.8, 4) is 0 Å². The summed E-state index contributed by atoms with van der Waals surface area (Å²) in [6, 6.07) is 13.9. The summed E-state index contributed by atoms with van der Waals surface area (Å²) in [5, 5.41) is 2.94. The lowest BCUT2D eigenvalue weighted by Crippen LogP contribution is -2.23. The third kappa shape index (κ3) is 4.75. The highest BCUT2D eigenvalue weighted by Gasteiger charge is 2.12. The van der Waals surface area contributed by atoms with E-state index in [0.29, 0.717) is 12.2 Å². The first-order valence-electron chi connectivity index (χ1n) is 6.44. The minimum atomic E-state index is -3.38. The number of carbonyl (C=O) groups is 1. The number of benzene rings is 2. The predicted octanol–water partition coefficient (Wildman–Crippen LogP) is 2.64. The smallest absolute Gasteiger partial charge is 0.253 e. The molecule has 0 atom stereocenters. The van der Waals surface area contributed by atoms with Gasteiger partial charge in [0, 0.05) is 12.2 Å². The van der Waals surface area contributed by atoms with Crippen LogP contribution in [0.3, 0.4) is 0 Å². The molecule has 116 valence electrons. The first-order valence-corrected chi connectivity index (χ1v) is 8.71. The van der Waals surface area contributed by atoms with E-state index in [-0.39, 0.29) is 16.5 Å². The van der Waals surface area contributed by atoms with Gasteiger partial charge in [0.2, 0.25) is 10.0 Å². The lowest BCUT2D eigenvalue weighted by atomic mass is 10.2. The molecule has 7 heteroatoms. The fourth-order valence-corrected chi connectivity index (χ4v) is 2.67. The number of amides is 1. The lowest BCUT2D eigenvalue weighted by molar-refractivity contribution is 0.0951. The molecule has 5 nitrogen and oxygen atoms in total. The van der Waals surface area contributed by atoms with E-state index in [4.69, 9.17) is 11.6 Å². The number of sulfonamides is 1. The van der Waals surface area contributed by atoms with Crippen LogP contribution in [0.15, 0.2) is 48.5 Å². The fourth-order valence-electron chi connectivity index (χ4n) is 1.85. The minimum absolute atomic E-state index is 0.180. The Morgan fingerprint density at radius 3 is 2.41 bits per heavy atom. The van der Waals surface area contributed by atoms with Gasteiger partial charge in [0.15, 0.2) is 0 Å². The van der Waals surface area contributed by atoms with Gasteiger partial charge in [0.1, 0.15) is 0 Å². The summed E-state index contributed by atoms with van der Waals surface area (Å²) in [6.45, 7) is 0.388. The second kappa shape index (κ2) is 6.81. The van der Waals surface area contributed by atoms with Crippen molar-refractivity contribution >= 4 is 33.2 Å². The monoisotopic (exact) mass is 338 g/mol. The molecular formula is C15H15ClN2O3S. The highest BCUT2D eigenvalue weighted by Crippen LogP contribution is 2.21. The van der Waals surface area contributed by atoms with Crippen LogP contribution in [0.25, 0.3) is 0 Å². The SMILES string of the molecule is CS(=O)(=O)Nc1ccc(C(=O)NCc2ccccc2)c(Cl)c1. The van der Waals surface area contributed by atoms with Gasteiger partial charge in [-0.1, -0.05) is 41.9 Å². The van der Waals surface area contributed by atoms with Crippen molar-refractivity contribution in [2.75, 3.05) is 11.0 Å². The van der Waals surface area contributed by atoms with E-state index < -0.39 is 10.0 Å². The van der Waals surface area contributed by atoms with Crippen molar-refractivity contribution in [1.82, 2.24) is 5.32 Å². The molecule has 2 aromatic carbocycles. The molecule has 2 aromatic rings. The van der Waals surface area contributed by atoms with Crippen molar-refractivity contribution in [2.24, 2.45) is 0 Å². The molecule has 2 rings (SSSR count). The molecular weight excluding hydrogens is 324 g/mol. The molecule has 0 saturated carbocycles. The summed E-state index contributed by atoms with van der Waals surface area (Å²) < 4.78 is 24.6. The Bertz CT molecular complexity index is 777. The van der Waals surface area contributed by atoms with Gasteiger partial charge in [-0.3, -0.25) is 9.52 Å². The second-order valence-electron chi connectivity index (χ2n) is 4.74. The number of rotatable bonds is 5. The normalized spacial score (nSPS) is 11.0. The Balaban J connectivity index is 2.07. The Labute approximate surface area is 134 Å². The number of hydrogen-bond acceptors (Lipinski definition) is 3. The molecule has 0 aliphatic heterocycles. The van der Waals surface area contributed by atoms with Crippen LogP contribution in [-0.4, -0.2) is 20.6 Å². The molecule has 1 amide bonds. The van der Waals surface area contributed by atoms with E-state index in [2.05, 4.69) is 10.0 Å². The first kappa shape index (κ1) is 16.3. The summed E-state index contributed by atoms with van der Waals surface area (Å²) in [6.07, 6.45) is 1.04. The molecule has 0 unspecified atom stereocenters. The van der Waals surface area contributed by atoms with Crippen LogP contribution in [-0.2, 0) is 16.6 Å². The molecule has 0 fully saturated rings. The molecule has 2 N–H and O–H groups in total. The summed E-state index contributed by atoms with van der Waals surface area (Å²) >= 11 is 6.04. The summed E-state index contributed by atoms with van der Waals surface area (Å²) in [5.41, 5.74) is 1.58. The van der Waals surface area contributed by atoms with Crippen LogP contribution in [0.5, 0.6) is 0 Å². The third-order valence-corrected chi connectivity index (χ3v) is 3.73. The predicted molar refractivity (Wildman–Crippen MR) is 87.5 cm³/mol. The molecule has 22 heavy (non-hydrogen) atoms. The fraction of sp³-hybridized carbons (Fsp3) is 0.133. The molecule has 0 bridgehead atoms. The number of nitrogens with one attached hydrogen (secondary N) is 2. The van der Waals surface area contributed by atoms with Crippen LogP contribution in [0.1, 0.15) is 15.9 Å². The summed E-state index contributed by atoms with van der Waals surface area (Å²) in [7, 11) is -3.38. The maximum Gasteiger partial charge on any atom is 0.253 e. The van der Waals surface area contributed by atoms with Crippen molar-refractivity contribution in [3.05, 3.63) is 64.7 Å². The zero-order valence-electron chi connectivity index (χ0n) is 11.8. The summed E-state index contributed by atoms with van der Waals surface area (Å²) in [5.74, 6) is -0.320. The number of carbonyl (C=O) groups excluding carboxylic acids is 1. The van der Waals surface area contributed by atoms with Crippen LogP contribution < -0.4 is 10.0 Å². The van der Waals surface area contributed by atoms with E-state index in [1.807, 2.05) is 30.3 Å². The molecule has 0 aliphatic rings. The Morgan fingerprint density at radius 1 is 1.14 bits per heavy atom. The first-order chi connectivity index (χ1) is 10.3. The molecule has 0 saturated heterocycles. The van der Waals surface area contributed by atoms with Crippen molar-refractivity contribution in [3.63, 3.8) is 0 Å². The zero-order valence-corrected chi connectivity index (χ0v) is 13.4. The van der Waals surface area contributed by atoms with E-state index in [1.54, 1.807) is 0 Å². The van der Waals surface area contributed by atoms with Gasteiger partial charge < -0.3 is 5.32 Å². The zero-order chi connectivity index (χ0) is 16.2. The average molecular weight is 339 g/mol. The average Bonchev–Trinajstić information content (AvgIpc) is 2.44. The maximum absolute atomic E-state index is 12.1. The van der Waals surface area contributed by atoms with Gasteiger partial charge in [0.05, 0.1) is 16.8 Å². The Hall–Kier alpha value is -2.05. The molecule has 0 spiro atoms. The van der Waals surface area contributed by atoms with E-state index >= 15 is 0 Å². The number of hydrogen-bond donors (Lipinski definition) is 2. The second-order valence-corrected chi connectivity index (χ2v) is 6.89. The van der Waals surface area contributed by atoms with Gasteiger partial charge in [-0.2, -0.15) is 0 Å². The molecule has 0 radical (unpaired) electrons. The highest BCUT2D eigenvalue weighted by atomic mass is 35.5. The molecule has 0 aromatic heterocycles. The number of anilines is 1. The van der Waals surface area contributed by atoms with Gasteiger partial charge in [-0.25, -0.2) is 8.42 Å². The summed E-state index contributed by atoms with van der Waals surface area (Å²) in [4.78, 5) is 12.1. The van der Waals surface area contributed by atoms with Crippen LogP contribution >= 0.6 is 11.6 Å². The van der Waals surface area contributed by atoms with Crippen LogP contribution in [0.2, 0.25) is 5.02 Å². The largest absolute Gasteiger partial charge is 0.348 e. The van der Waals surface area contributed by atoms with Gasteiger partial charge in [-0.05, 0) is 23.8 Å². The lowest BCUT2D eigenvalue weighted by Gasteiger charge is -2.09.